The largest absolute Gasteiger partial charge is 0.371 e. The van der Waals surface area contributed by atoms with Crippen LogP contribution in [-0.2, 0) is 4.74 Å². The Kier molecular flexibility index (Phi) is 1.52. The second kappa shape index (κ2) is 2.47. The monoisotopic (exact) mass is 166 g/mol. The van der Waals surface area contributed by atoms with Crippen molar-refractivity contribution in [2.24, 2.45) is 5.92 Å². The first-order valence-corrected chi connectivity index (χ1v) is 5.56. The van der Waals surface area contributed by atoms with Gasteiger partial charge in [-0.1, -0.05) is 19.3 Å². The van der Waals surface area contributed by atoms with Crippen LogP contribution >= 0.6 is 0 Å². The Bertz CT molecular complexity index is 169. The average Bonchev–Trinajstić information content (AvgIpc) is 2.82. The Labute approximate surface area is 74.5 Å². The molecule has 2 aliphatic carbocycles. The fourth-order valence-electron chi connectivity index (χ4n) is 2.91. The van der Waals surface area contributed by atoms with Gasteiger partial charge in [0.2, 0.25) is 0 Å². The molecule has 0 aromatic heterocycles. The lowest BCUT2D eigenvalue weighted by Gasteiger charge is -2.43. The van der Waals surface area contributed by atoms with Crippen LogP contribution in [0, 0.1) is 5.92 Å². The van der Waals surface area contributed by atoms with Crippen molar-refractivity contribution in [1.29, 1.82) is 0 Å². The van der Waals surface area contributed by atoms with E-state index >= 15 is 0 Å². The molecule has 68 valence electrons. The summed E-state index contributed by atoms with van der Waals surface area (Å²) in [5.74, 6) is 0.935. The van der Waals surface area contributed by atoms with Crippen molar-refractivity contribution in [2.45, 2.75) is 63.1 Å². The van der Waals surface area contributed by atoms with Crippen molar-refractivity contribution < 1.29 is 4.74 Å². The zero-order valence-electron chi connectivity index (χ0n) is 7.72. The fourth-order valence-corrected chi connectivity index (χ4v) is 2.91. The van der Waals surface area contributed by atoms with Crippen LogP contribution in [0.25, 0.3) is 0 Å². The lowest BCUT2D eigenvalue weighted by Crippen LogP contribution is -2.44. The van der Waals surface area contributed by atoms with Crippen LogP contribution in [0.3, 0.4) is 0 Å². The summed E-state index contributed by atoms with van der Waals surface area (Å²) < 4.78 is 5.98. The highest BCUT2D eigenvalue weighted by Crippen LogP contribution is 2.55. The third-order valence-electron chi connectivity index (χ3n) is 3.96. The molecular weight excluding hydrogens is 148 g/mol. The van der Waals surface area contributed by atoms with E-state index in [0.717, 1.165) is 5.92 Å². The molecule has 2 saturated carbocycles. The number of hydrogen-bond donors (Lipinski definition) is 0. The van der Waals surface area contributed by atoms with E-state index in [0.29, 0.717) is 11.7 Å². The molecule has 0 aromatic rings. The molecule has 1 atom stereocenters. The maximum atomic E-state index is 5.98. The predicted molar refractivity (Wildman–Crippen MR) is 48.0 cm³/mol. The SMILES string of the molecule is C1CCC(C2CC3(CC3)O2)CC1. The van der Waals surface area contributed by atoms with E-state index in [9.17, 15) is 0 Å². The number of rotatable bonds is 1. The minimum atomic E-state index is 0.447. The van der Waals surface area contributed by atoms with E-state index in [1.165, 1.54) is 51.4 Å². The zero-order valence-corrected chi connectivity index (χ0v) is 7.72. The van der Waals surface area contributed by atoms with Crippen LogP contribution in [0.2, 0.25) is 0 Å². The molecule has 0 radical (unpaired) electrons. The summed E-state index contributed by atoms with van der Waals surface area (Å²) in [6.07, 6.45) is 12.1. The first-order valence-electron chi connectivity index (χ1n) is 5.56. The Morgan fingerprint density at radius 1 is 1.00 bits per heavy atom. The molecule has 1 saturated heterocycles. The molecule has 12 heavy (non-hydrogen) atoms. The van der Waals surface area contributed by atoms with E-state index in [1.807, 2.05) is 0 Å². The molecule has 3 rings (SSSR count). The third-order valence-corrected chi connectivity index (χ3v) is 3.96. The minimum Gasteiger partial charge on any atom is -0.371 e. The van der Waals surface area contributed by atoms with Crippen molar-refractivity contribution in [1.82, 2.24) is 0 Å². The van der Waals surface area contributed by atoms with Crippen LogP contribution in [0.15, 0.2) is 0 Å². The Morgan fingerprint density at radius 2 is 1.67 bits per heavy atom. The topological polar surface area (TPSA) is 9.23 Å². The highest BCUT2D eigenvalue weighted by atomic mass is 16.5. The van der Waals surface area contributed by atoms with Gasteiger partial charge in [0, 0.05) is 6.42 Å². The van der Waals surface area contributed by atoms with Crippen LogP contribution in [-0.4, -0.2) is 11.7 Å². The summed E-state index contributed by atoms with van der Waals surface area (Å²) in [6.45, 7) is 0. The van der Waals surface area contributed by atoms with E-state index in [1.54, 1.807) is 0 Å². The zero-order chi connectivity index (χ0) is 8.02. The van der Waals surface area contributed by atoms with Gasteiger partial charge in [0.15, 0.2) is 0 Å². The van der Waals surface area contributed by atoms with Gasteiger partial charge in [-0.25, -0.2) is 0 Å². The van der Waals surface area contributed by atoms with Gasteiger partial charge < -0.3 is 4.74 Å². The van der Waals surface area contributed by atoms with Crippen LogP contribution < -0.4 is 0 Å². The first kappa shape index (κ1) is 7.37. The highest BCUT2D eigenvalue weighted by molar-refractivity contribution is 5.06. The van der Waals surface area contributed by atoms with Crippen molar-refractivity contribution in [3.05, 3.63) is 0 Å². The van der Waals surface area contributed by atoms with E-state index in [2.05, 4.69) is 0 Å². The third kappa shape index (κ3) is 1.10. The molecule has 0 bridgehead atoms. The van der Waals surface area contributed by atoms with Gasteiger partial charge in [0.1, 0.15) is 0 Å². The molecule has 1 heteroatoms. The normalized spacial score (nSPS) is 39.5. The Morgan fingerprint density at radius 3 is 2.25 bits per heavy atom. The molecule has 1 spiro atoms. The molecule has 0 aromatic carbocycles. The van der Waals surface area contributed by atoms with Gasteiger partial charge in [0.05, 0.1) is 11.7 Å². The van der Waals surface area contributed by atoms with Crippen molar-refractivity contribution >= 4 is 0 Å². The van der Waals surface area contributed by atoms with Gasteiger partial charge >= 0.3 is 0 Å². The minimum absolute atomic E-state index is 0.447. The van der Waals surface area contributed by atoms with E-state index in [-0.39, 0.29) is 0 Å². The number of ether oxygens (including phenoxy) is 1. The molecule has 3 aliphatic rings. The Balaban J connectivity index is 1.53. The summed E-state index contributed by atoms with van der Waals surface area (Å²) in [4.78, 5) is 0. The molecule has 0 N–H and O–H groups in total. The lowest BCUT2D eigenvalue weighted by atomic mass is 9.80. The van der Waals surface area contributed by atoms with Gasteiger partial charge in [-0.2, -0.15) is 0 Å². The van der Waals surface area contributed by atoms with E-state index in [4.69, 9.17) is 4.74 Å². The van der Waals surface area contributed by atoms with Gasteiger partial charge in [-0.3, -0.25) is 0 Å². The summed E-state index contributed by atoms with van der Waals surface area (Å²) in [7, 11) is 0. The number of hydrogen-bond acceptors (Lipinski definition) is 1. The molecule has 1 heterocycles. The molecule has 1 unspecified atom stereocenters. The standard InChI is InChI=1S/C11H18O/c1-2-4-9(5-3-1)10-8-11(12-10)6-7-11/h9-10H,1-8H2. The quantitative estimate of drug-likeness (QED) is 0.582. The van der Waals surface area contributed by atoms with Crippen molar-refractivity contribution in [2.75, 3.05) is 0 Å². The van der Waals surface area contributed by atoms with Gasteiger partial charge in [-0.05, 0) is 31.6 Å². The second-order valence-electron chi connectivity index (χ2n) is 4.94. The van der Waals surface area contributed by atoms with Crippen LogP contribution in [0.4, 0.5) is 0 Å². The summed E-state index contributed by atoms with van der Waals surface area (Å²) in [6, 6.07) is 0. The van der Waals surface area contributed by atoms with E-state index < -0.39 is 0 Å². The maximum absolute atomic E-state index is 5.98. The summed E-state index contributed by atoms with van der Waals surface area (Å²) in [5.41, 5.74) is 0.447. The molecular formula is C11H18O. The lowest BCUT2D eigenvalue weighted by molar-refractivity contribution is -0.173. The summed E-state index contributed by atoms with van der Waals surface area (Å²) in [5, 5.41) is 0. The first-order chi connectivity index (χ1) is 5.88. The maximum Gasteiger partial charge on any atom is 0.0713 e. The second-order valence-corrected chi connectivity index (χ2v) is 4.94. The molecule has 1 nitrogen and oxygen atoms in total. The Hall–Kier alpha value is -0.0400. The van der Waals surface area contributed by atoms with Gasteiger partial charge in [0.25, 0.3) is 0 Å². The van der Waals surface area contributed by atoms with Crippen molar-refractivity contribution in [3.8, 4) is 0 Å². The van der Waals surface area contributed by atoms with Crippen LogP contribution in [0.1, 0.15) is 51.4 Å². The smallest absolute Gasteiger partial charge is 0.0713 e. The summed E-state index contributed by atoms with van der Waals surface area (Å²) >= 11 is 0. The van der Waals surface area contributed by atoms with Gasteiger partial charge in [-0.15, -0.1) is 0 Å². The average molecular weight is 166 g/mol. The molecule has 0 amide bonds. The molecule has 3 fully saturated rings. The molecule has 1 aliphatic heterocycles. The van der Waals surface area contributed by atoms with Crippen molar-refractivity contribution in [3.63, 3.8) is 0 Å². The highest BCUT2D eigenvalue weighted by Gasteiger charge is 2.56. The predicted octanol–water partition coefficient (Wildman–Crippen LogP) is 2.89. The fraction of sp³-hybridized carbons (Fsp3) is 1.00. The van der Waals surface area contributed by atoms with Crippen LogP contribution in [0.5, 0.6) is 0 Å².